The molecule has 8 heteroatoms. The topological polar surface area (TPSA) is 76.4 Å². The lowest BCUT2D eigenvalue weighted by molar-refractivity contribution is 0.606. The largest absolute Gasteiger partial charge is 0.251 e. The standard InChI is InChI=1S/C8H9ClN4O2S/c1-5-3-4-6(9)13-7(5)10-11-8(13)12-16(2,14)15/h3-4H,1-2H3,(H,11,12). The number of fused-ring (bicyclic) bond motifs is 1. The average Bonchev–Trinajstić information content (AvgIpc) is 2.54. The number of nitrogens with zero attached hydrogens (tertiary/aromatic N) is 3. The Morgan fingerprint density at radius 1 is 1.38 bits per heavy atom. The zero-order valence-electron chi connectivity index (χ0n) is 8.60. The third-order valence-corrected chi connectivity index (χ3v) is 2.83. The minimum atomic E-state index is -3.40. The summed E-state index contributed by atoms with van der Waals surface area (Å²) in [6, 6.07) is 3.44. The normalized spacial score (nSPS) is 11.9. The summed E-state index contributed by atoms with van der Waals surface area (Å²) in [5, 5.41) is 7.95. The maximum Gasteiger partial charge on any atom is 0.243 e. The van der Waals surface area contributed by atoms with E-state index in [-0.39, 0.29) is 5.95 Å². The van der Waals surface area contributed by atoms with Gasteiger partial charge in [0.2, 0.25) is 16.0 Å². The lowest BCUT2D eigenvalue weighted by Crippen LogP contribution is -2.12. The zero-order valence-corrected chi connectivity index (χ0v) is 10.2. The van der Waals surface area contributed by atoms with Crippen LogP contribution in [0.3, 0.4) is 0 Å². The maximum absolute atomic E-state index is 11.1. The van der Waals surface area contributed by atoms with Gasteiger partial charge in [-0.1, -0.05) is 17.7 Å². The van der Waals surface area contributed by atoms with Crippen LogP contribution in [-0.4, -0.2) is 29.3 Å². The number of halogens is 1. The molecule has 0 atom stereocenters. The molecule has 0 aliphatic carbocycles. The molecular formula is C8H9ClN4O2S. The first-order valence-corrected chi connectivity index (χ1v) is 6.63. The molecule has 0 spiro atoms. The molecule has 0 saturated carbocycles. The third kappa shape index (κ3) is 1.96. The van der Waals surface area contributed by atoms with Crippen LogP contribution < -0.4 is 4.72 Å². The Hall–Kier alpha value is -1.34. The van der Waals surface area contributed by atoms with Crippen LogP contribution in [0.4, 0.5) is 5.95 Å². The number of sulfonamides is 1. The highest BCUT2D eigenvalue weighted by Crippen LogP contribution is 2.19. The van der Waals surface area contributed by atoms with E-state index in [0.29, 0.717) is 10.8 Å². The van der Waals surface area contributed by atoms with Gasteiger partial charge in [0.05, 0.1) is 6.26 Å². The molecule has 2 aromatic heterocycles. The lowest BCUT2D eigenvalue weighted by atomic mass is 10.3. The Bertz CT molecular complexity index is 649. The van der Waals surface area contributed by atoms with E-state index >= 15 is 0 Å². The minimum absolute atomic E-state index is 0.0891. The van der Waals surface area contributed by atoms with E-state index in [1.807, 2.05) is 6.92 Å². The summed E-state index contributed by atoms with van der Waals surface area (Å²) >= 11 is 5.95. The van der Waals surface area contributed by atoms with Gasteiger partial charge in [-0.15, -0.1) is 10.2 Å². The van der Waals surface area contributed by atoms with Gasteiger partial charge in [0.25, 0.3) is 0 Å². The van der Waals surface area contributed by atoms with Crippen LogP contribution in [0.2, 0.25) is 5.15 Å². The lowest BCUT2D eigenvalue weighted by Gasteiger charge is -2.04. The van der Waals surface area contributed by atoms with Crippen LogP contribution in [0.15, 0.2) is 12.1 Å². The molecule has 16 heavy (non-hydrogen) atoms. The van der Waals surface area contributed by atoms with Gasteiger partial charge >= 0.3 is 0 Å². The summed E-state index contributed by atoms with van der Waals surface area (Å²) in [5.74, 6) is 0.0891. The minimum Gasteiger partial charge on any atom is -0.251 e. The van der Waals surface area contributed by atoms with Crippen molar-refractivity contribution in [3.63, 3.8) is 0 Å². The van der Waals surface area contributed by atoms with Crippen LogP contribution in [0, 0.1) is 6.92 Å². The number of pyridine rings is 1. The monoisotopic (exact) mass is 260 g/mol. The fourth-order valence-corrected chi connectivity index (χ4v) is 2.00. The van der Waals surface area contributed by atoms with Crippen molar-refractivity contribution in [1.29, 1.82) is 0 Å². The quantitative estimate of drug-likeness (QED) is 0.820. The van der Waals surface area contributed by atoms with Gasteiger partial charge in [-0.2, -0.15) is 0 Å². The van der Waals surface area contributed by atoms with Crippen LogP contribution in [0.25, 0.3) is 5.65 Å². The van der Waals surface area contributed by atoms with Crippen molar-refractivity contribution >= 4 is 33.2 Å². The molecule has 2 heterocycles. The van der Waals surface area contributed by atoms with Crippen LogP contribution in [0.1, 0.15) is 5.56 Å². The van der Waals surface area contributed by atoms with Crippen molar-refractivity contribution in [2.45, 2.75) is 6.92 Å². The number of aromatic nitrogens is 3. The molecule has 86 valence electrons. The SMILES string of the molecule is Cc1ccc(Cl)n2c(NS(C)(=O)=O)nnc12. The predicted molar refractivity (Wildman–Crippen MR) is 61.2 cm³/mol. The Morgan fingerprint density at radius 2 is 2.06 bits per heavy atom. The van der Waals surface area contributed by atoms with E-state index in [2.05, 4.69) is 14.9 Å². The van der Waals surface area contributed by atoms with Gasteiger partial charge in [-0.3, -0.25) is 9.12 Å². The Balaban J connectivity index is 2.69. The van der Waals surface area contributed by atoms with Gasteiger partial charge < -0.3 is 0 Å². The van der Waals surface area contributed by atoms with E-state index < -0.39 is 10.0 Å². The molecule has 0 unspecified atom stereocenters. The second kappa shape index (κ2) is 3.60. The Kier molecular flexibility index (Phi) is 2.51. The summed E-state index contributed by atoms with van der Waals surface area (Å²) in [4.78, 5) is 0. The fourth-order valence-electron chi connectivity index (χ4n) is 1.32. The van der Waals surface area contributed by atoms with E-state index in [0.717, 1.165) is 11.8 Å². The summed E-state index contributed by atoms with van der Waals surface area (Å²) in [5.41, 5.74) is 1.39. The van der Waals surface area contributed by atoms with Crippen molar-refractivity contribution in [2.75, 3.05) is 11.0 Å². The number of hydrogen-bond donors (Lipinski definition) is 1. The number of hydrogen-bond acceptors (Lipinski definition) is 4. The number of anilines is 1. The molecule has 0 fully saturated rings. The molecule has 2 aromatic rings. The van der Waals surface area contributed by atoms with E-state index in [1.165, 1.54) is 4.40 Å². The van der Waals surface area contributed by atoms with Crippen molar-refractivity contribution in [3.8, 4) is 0 Å². The smallest absolute Gasteiger partial charge is 0.243 e. The molecule has 0 radical (unpaired) electrons. The summed E-state index contributed by atoms with van der Waals surface area (Å²) in [7, 11) is -3.40. The van der Waals surface area contributed by atoms with Crippen LogP contribution >= 0.6 is 11.6 Å². The molecule has 0 saturated heterocycles. The van der Waals surface area contributed by atoms with E-state index in [1.54, 1.807) is 12.1 Å². The number of nitrogens with one attached hydrogen (secondary N) is 1. The summed E-state index contributed by atoms with van der Waals surface area (Å²) < 4.78 is 25.9. The maximum atomic E-state index is 11.1. The molecule has 0 aliphatic rings. The average molecular weight is 261 g/mol. The van der Waals surface area contributed by atoms with Crippen molar-refractivity contribution in [3.05, 3.63) is 22.8 Å². The second-order valence-corrected chi connectivity index (χ2v) is 5.53. The molecule has 0 bridgehead atoms. The fraction of sp³-hybridized carbons (Fsp3) is 0.250. The van der Waals surface area contributed by atoms with Gasteiger partial charge in [0.1, 0.15) is 5.15 Å². The molecule has 0 aliphatic heterocycles. The van der Waals surface area contributed by atoms with Crippen molar-refractivity contribution < 1.29 is 8.42 Å². The third-order valence-electron chi connectivity index (χ3n) is 1.98. The summed E-state index contributed by atoms with van der Waals surface area (Å²) in [6.45, 7) is 1.84. The van der Waals surface area contributed by atoms with Gasteiger partial charge in [-0.05, 0) is 18.6 Å². The molecule has 0 amide bonds. The predicted octanol–water partition coefficient (Wildman–Crippen LogP) is 1.06. The molecule has 6 nitrogen and oxygen atoms in total. The Morgan fingerprint density at radius 3 is 2.69 bits per heavy atom. The van der Waals surface area contributed by atoms with Crippen molar-refractivity contribution in [2.24, 2.45) is 0 Å². The van der Waals surface area contributed by atoms with Gasteiger partial charge in [0.15, 0.2) is 5.65 Å². The highest BCUT2D eigenvalue weighted by Gasteiger charge is 2.13. The zero-order chi connectivity index (χ0) is 11.9. The first-order valence-electron chi connectivity index (χ1n) is 4.36. The molecule has 1 N–H and O–H groups in total. The molecule has 2 rings (SSSR count). The molecular weight excluding hydrogens is 252 g/mol. The van der Waals surface area contributed by atoms with Crippen molar-refractivity contribution in [1.82, 2.24) is 14.6 Å². The number of rotatable bonds is 2. The Labute approximate surface area is 97.3 Å². The van der Waals surface area contributed by atoms with E-state index in [4.69, 9.17) is 11.6 Å². The molecule has 0 aromatic carbocycles. The number of aryl methyl sites for hydroxylation is 1. The van der Waals surface area contributed by atoms with Gasteiger partial charge in [0, 0.05) is 0 Å². The summed E-state index contributed by atoms with van der Waals surface area (Å²) in [6.07, 6.45) is 1.04. The second-order valence-electron chi connectivity index (χ2n) is 3.40. The van der Waals surface area contributed by atoms with Gasteiger partial charge in [-0.25, -0.2) is 8.42 Å². The highest BCUT2D eigenvalue weighted by atomic mass is 35.5. The van der Waals surface area contributed by atoms with Crippen LogP contribution in [0.5, 0.6) is 0 Å². The van der Waals surface area contributed by atoms with Crippen LogP contribution in [-0.2, 0) is 10.0 Å². The highest BCUT2D eigenvalue weighted by molar-refractivity contribution is 7.91. The van der Waals surface area contributed by atoms with E-state index in [9.17, 15) is 8.42 Å². The first kappa shape index (κ1) is 11.2. The first-order chi connectivity index (χ1) is 7.38.